The van der Waals surface area contributed by atoms with E-state index < -0.39 is 5.97 Å². The number of anilines is 1. The highest BCUT2D eigenvalue weighted by atomic mass is 16.6. The van der Waals surface area contributed by atoms with Gasteiger partial charge in [0.25, 0.3) is 0 Å². The Morgan fingerprint density at radius 1 is 1.15 bits per heavy atom. The van der Waals surface area contributed by atoms with E-state index in [1.165, 1.54) is 0 Å². The number of carbonyl (C=O) groups is 1. The summed E-state index contributed by atoms with van der Waals surface area (Å²) in [4.78, 5) is 18.4. The number of aliphatic imine (C=N–C) groups is 1. The van der Waals surface area contributed by atoms with Gasteiger partial charge in [-0.3, -0.25) is 0 Å². The highest BCUT2D eigenvalue weighted by molar-refractivity contribution is 6.12. The number of hydrogen-bond donors (Lipinski definition) is 0. The van der Waals surface area contributed by atoms with Crippen molar-refractivity contribution in [1.29, 1.82) is 5.26 Å². The minimum Gasteiger partial charge on any atom is -0.402 e. The van der Waals surface area contributed by atoms with Crippen LogP contribution in [-0.4, -0.2) is 25.5 Å². The molecule has 0 bridgehead atoms. The fourth-order valence-corrected chi connectivity index (χ4v) is 2.56. The van der Waals surface area contributed by atoms with Gasteiger partial charge in [0.15, 0.2) is 5.70 Å². The Hall–Kier alpha value is -3.39. The summed E-state index contributed by atoms with van der Waals surface area (Å²) in [5.41, 5.74) is 4.07. The van der Waals surface area contributed by atoms with Crippen molar-refractivity contribution in [2.45, 2.75) is 13.3 Å². The number of cyclic esters (lactones) is 1. The van der Waals surface area contributed by atoms with Crippen molar-refractivity contribution in [3.8, 4) is 6.07 Å². The lowest BCUT2D eigenvalue weighted by atomic mass is 10.1. The molecule has 0 aromatic heterocycles. The van der Waals surface area contributed by atoms with E-state index in [9.17, 15) is 4.79 Å². The third-order valence-electron chi connectivity index (χ3n) is 4.12. The minimum atomic E-state index is -0.448. The maximum absolute atomic E-state index is 12.1. The van der Waals surface area contributed by atoms with Crippen LogP contribution in [0.15, 0.2) is 59.2 Å². The summed E-state index contributed by atoms with van der Waals surface area (Å²) in [7, 11) is 1.94. The molecule has 2 aromatic carbocycles. The van der Waals surface area contributed by atoms with Crippen molar-refractivity contribution in [1.82, 2.24) is 0 Å². The average molecular weight is 345 g/mol. The van der Waals surface area contributed by atoms with Crippen molar-refractivity contribution in [2.75, 3.05) is 18.5 Å². The molecule has 5 nitrogen and oxygen atoms in total. The van der Waals surface area contributed by atoms with Gasteiger partial charge in [-0.25, -0.2) is 9.79 Å². The standard InChI is InChI=1S/C21H19N3O2/c1-15-4-8-17(9-5-15)20-23-19(21(25)26-20)14-16-6-10-18(11-7-16)24(2)13-3-12-22/h4-11,14H,3,13H2,1-2H3/b19-14-. The number of carbonyl (C=O) groups excluding carboxylic acids is 1. The van der Waals surface area contributed by atoms with Crippen molar-refractivity contribution < 1.29 is 9.53 Å². The highest BCUT2D eigenvalue weighted by Gasteiger charge is 2.23. The number of aryl methyl sites for hydroxylation is 1. The average Bonchev–Trinajstić information content (AvgIpc) is 3.01. The molecular weight excluding hydrogens is 326 g/mol. The van der Waals surface area contributed by atoms with E-state index in [0.717, 1.165) is 22.4 Å². The Morgan fingerprint density at radius 3 is 2.50 bits per heavy atom. The number of benzene rings is 2. The largest absolute Gasteiger partial charge is 0.402 e. The molecule has 0 amide bonds. The number of ether oxygens (including phenoxy) is 1. The molecule has 0 N–H and O–H groups in total. The lowest BCUT2D eigenvalue weighted by Crippen LogP contribution is -2.17. The smallest absolute Gasteiger partial charge is 0.363 e. The van der Waals surface area contributed by atoms with E-state index in [1.807, 2.05) is 67.4 Å². The topological polar surface area (TPSA) is 65.7 Å². The Balaban J connectivity index is 1.78. The quantitative estimate of drug-likeness (QED) is 0.612. The second-order valence-electron chi connectivity index (χ2n) is 6.12. The number of nitriles is 1. The van der Waals surface area contributed by atoms with Gasteiger partial charge in [-0.1, -0.05) is 29.8 Å². The second-order valence-corrected chi connectivity index (χ2v) is 6.12. The molecule has 0 aliphatic carbocycles. The van der Waals surface area contributed by atoms with Gasteiger partial charge >= 0.3 is 5.97 Å². The first-order chi connectivity index (χ1) is 12.6. The Kier molecular flexibility index (Phi) is 5.14. The van der Waals surface area contributed by atoms with Crippen LogP contribution in [0.1, 0.15) is 23.1 Å². The molecule has 130 valence electrons. The van der Waals surface area contributed by atoms with Gasteiger partial charge in [0.2, 0.25) is 5.90 Å². The molecule has 0 fully saturated rings. The molecule has 0 saturated carbocycles. The van der Waals surface area contributed by atoms with Gasteiger partial charge in [-0.05, 0) is 42.8 Å². The zero-order chi connectivity index (χ0) is 18.5. The SMILES string of the molecule is Cc1ccc(C2=N/C(=C\c3ccc(N(C)CCC#N)cc3)C(=O)O2)cc1. The van der Waals surface area contributed by atoms with E-state index >= 15 is 0 Å². The summed E-state index contributed by atoms with van der Waals surface area (Å²) < 4.78 is 5.28. The fourth-order valence-electron chi connectivity index (χ4n) is 2.56. The first-order valence-corrected chi connectivity index (χ1v) is 8.34. The Bertz CT molecular complexity index is 904. The molecule has 0 radical (unpaired) electrons. The van der Waals surface area contributed by atoms with Crippen molar-refractivity contribution in [3.63, 3.8) is 0 Å². The molecule has 0 saturated heterocycles. The van der Waals surface area contributed by atoms with Crippen LogP contribution >= 0.6 is 0 Å². The predicted octanol–water partition coefficient (Wildman–Crippen LogP) is 3.69. The van der Waals surface area contributed by atoms with Gasteiger partial charge < -0.3 is 9.64 Å². The molecule has 0 unspecified atom stereocenters. The number of nitrogens with zero attached hydrogens (tertiary/aromatic N) is 3. The van der Waals surface area contributed by atoms with Gasteiger partial charge in [0.1, 0.15) is 0 Å². The molecule has 2 aromatic rings. The molecular formula is C21H19N3O2. The summed E-state index contributed by atoms with van der Waals surface area (Å²) in [6.07, 6.45) is 2.19. The number of esters is 1. The molecule has 0 spiro atoms. The monoisotopic (exact) mass is 345 g/mol. The third kappa shape index (κ3) is 3.98. The van der Waals surface area contributed by atoms with E-state index in [0.29, 0.717) is 18.9 Å². The van der Waals surface area contributed by atoms with E-state index in [2.05, 4.69) is 11.1 Å². The Labute approximate surface area is 152 Å². The lowest BCUT2D eigenvalue weighted by molar-refractivity contribution is -0.129. The summed E-state index contributed by atoms with van der Waals surface area (Å²) in [6, 6.07) is 17.5. The van der Waals surface area contributed by atoms with Crippen LogP contribution in [0, 0.1) is 18.3 Å². The lowest BCUT2D eigenvalue weighted by Gasteiger charge is -2.17. The summed E-state index contributed by atoms with van der Waals surface area (Å²) >= 11 is 0. The second kappa shape index (κ2) is 7.66. The third-order valence-corrected chi connectivity index (χ3v) is 4.12. The minimum absolute atomic E-state index is 0.283. The van der Waals surface area contributed by atoms with Crippen molar-refractivity contribution in [2.24, 2.45) is 4.99 Å². The zero-order valence-corrected chi connectivity index (χ0v) is 14.8. The molecule has 1 aliphatic heterocycles. The number of hydrogen-bond acceptors (Lipinski definition) is 5. The maximum Gasteiger partial charge on any atom is 0.363 e. The molecule has 3 rings (SSSR count). The molecule has 5 heteroatoms. The highest BCUT2D eigenvalue weighted by Crippen LogP contribution is 2.21. The Morgan fingerprint density at radius 2 is 1.85 bits per heavy atom. The van der Waals surface area contributed by atoms with Crippen LogP contribution in [0.3, 0.4) is 0 Å². The van der Waals surface area contributed by atoms with Crippen LogP contribution in [0.25, 0.3) is 6.08 Å². The van der Waals surface area contributed by atoms with Crippen LogP contribution < -0.4 is 4.90 Å². The normalized spacial score (nSPS) is 14.7. The molecule has 0 atom stereocenters. The van der Waals surface area contributed by atoms with Gasteiger partial charge in [-0.2, -0.15) is 5.26 Å². The summed E-state index contributed by atoms with van der Waals surface area (Å²) in [5.74, 6) is -0.120. The van der Waals surface area contributed by atoms with Gasteiger partial charge in [0, 0.05) is 24.8 Å². The molecule has 26 heavy (non-hydrogen) atoms. The zero-order valence-electron chi connectivity index (χ0n) is 14.8. The van der Waals surface area contributed by atoms with Crippen LogP contribution in [0.5, 0.6) is 0 Å². The van der Waals surface area contributed by atoms with E-state index in [4.69, 9.17) is 10.00 Å². The van der Waals surface area contributed by atoms with E-state index in [-0.39, 0.29) is 5.70 Å². The number of rotatable bonds is 5. The van der Waals surface area contributed by atoms with Crippen LogP contribution in [0.4, 0.5) is 5.69 Å². The maximum atomic E-state index is 12.1. The summed E-state index contributed by atoms with van der Waals surface area (Å²) in [5, 5.41) is 8.67. The predicted molar refractivity (Wildman–Crippen MR) is 102 cm³/mol. The van der Waals surface area contributed by atoms with Crippen molar-refractivity contribution in [3.05, 3.63) is 70.9 Å². The van der Waals surface area contributed by atoms with Gasteiger partial charge in [-0.15, -0.1) is 0 Å². The first kappa shape index (κ1) is 17.4. The van der Waals surface area contributed by atoms with Crippen LogP contribution in [-0.2, 0) is 9.53 Å². The fraction of sp³-hybridized carbons (Fsp3) is 0.190. The molecule has 1 aliphatic rings. The van der Waals surface area contributed by atoms with E-state index in [1.54, 1.807) is 6.08 Å². The molecule has 1 heterocycles. The van der Waals surface area contributed by atoms with Crippen LogP contribution in [0.2, 0.25) is 0 Å². The first-order valence-electron chi connectivity index (χ1n) is 8.34. The van der Waals surface area contributed by atoms with Crippen molar-refractivity contribution >= 4 is 23.6 Å². The van der Waals surface area contributed by atoms with Gasteiger partial charge in [0.05, 0.1) is 12.5 Å². The summed E-state index contributed by atoms with van der Waals surface area (Å²) in [6.45, 7) is 2.67.